The van der Waals surface area contributed by atoms with Crippen LogP contribution in [-0.4, -0.2) is 64.6 Å². The van der Waals surface area contributed by atoms with Gasteiger partial charge >= 0.3 is 6.09 Å². The van der Waals surface area contributed by atoms with Crippen molar-refractivity contribution in [2.45, 2.75) is 31.6 Å². The van der Waals surface area contributed by atoms with E-state index in [1.165, 1.54) is 13.3 Å². The molecule has 0 saturated carbocycles. The topological polar surface area (TPSA) is 112 Å². The summed E-state index contributed by atoms with van der Waals surface area (Å²) in [7, 11) is 3.08. The summed E-state index contributed by atoms with van der Waals surface area (Å²) in [5, 5.41) is 21.7. The molecule has 1 aliphatic heterocycles. The van der Waals surface area contributed by atoms with Crippen LogP contribution in [0.2, 0.25) is 0 Å². The average molecular weight is 427 g/mol. The number of carbonyl (C=O) groups excluding carboxylic acids is 1. The van der Waals surface area contributed by atoms with E-state index in [9.17, 15) is 14.7 Å². The van der Waals surface area contributed by atoms with E-state index in [4.69, 9.17) is 14.7 Å². The molecule has 1 heterocycles. The summed E-state index contributed by atoms with van der Waals surface area (Å²) in [5.41, 5.74) is 1.54. The Labute approximate surface area is 180 Å². The number of hydrogen-bond acceptors (Lipinski definition) is 6. The fourth-order valence-corrected chi connectivity index (χ4v) is 3.76. The van der Waals surface area contributed by atoms with Gasteiger partial charge in [-0.3, -0.25) is 9.69 Å². The minimum Gasteiger partial charge on any atom is -0.497 e. The van der Waals surface area contributed by atoms with Gasteiger partial charge in [-0.15, -0.1) is 5.16 Å². The predicted molar refractivity (Wildman–Crippen MR) is 113 cm³/mol. The van der Waals surface area contributed by atoms with Crippen molar-refractivity contribution >= 4 is 18.2 Å². The molecule has 0 spiro atoms. The molecule has 0 unspecified atom stereocenters. The van der Waals surface area contributed by atoms with Gasteiger partial charge in [0.1, 0.15) is 17.5 Å². The maximum Gasteiger partial charge on any atom is 0.408 e. The zero-order chi connectivity index (χ0) is 22.4. The van der Waals surface area contributed by atoms with Crippen molar-refractivity contribution in [3.8, 4) is 11.5 Å². The van der Waals surface area contributed by atoms with Crippen molar-refractivity contribution in [1.82, 2.24) is 9.80 Å². The number of nitrogens with zero attached hydrogens (tertiary/aromatic N) is 3. The van der Waals surface area contributed by atoms with E-state index in [1.54, 1.807) is 30.2 Å². The molecule has 2 amide bonds. The minimum absolute atomic E-state index is 0.0824. The lowest BCUT2D eigenvalue weighted by Gasteiger charge is -2.50. The number of carboxylic acid groups (broad SMARTS) is 1. The molecule has 0 aliphatic carbocycles. The zero-order valence-electron chi connectivity index (χ0n) is 17.3. The quantitative estimate of drug-likeness (QED) is 0.275. The second kappa shape index (κ2) is 9.84. The number of amides is 2. The highest BCUT2D eigenvalue weighted by Gasteiger charge is 2.51. The van der Waals surface area contributed by atoms with Gasteiger partial charge in [0.05, 0.1) is 20.3 Å². The molecule has 31 heavy (non-hydrogen) atoms. The fraction of sp³-hybridized carbons (Fsp3) is 0.318. The van der Waals surface area contributed by atoms with Gasteiger partial charge in [0.2, 0.25) is 5.91 Å². The van der Waals surface area contributed by atoms with Crippen LogP contribution >= 0.6 is 0 Å². The Balaban J connectivity index is 1.84. The van der Waals surface area contributed by atoms with Crippen molar-refractivity contribution in [3.05, 3.63) is 59.7 Å². The lowest BCUT2D eigenvalue weighted by atomic mass is 9.89. The normalized spacial score (nSPS) is 18.0. The Morgan fingerprint density at radius 2 is 1.94 bits per heavy atom. The molecule has 164 valence electrons. The van der Waals surface area contributed by atoms with Gasteiger partial charge < -0.3 is 24.7 Å². The molecule has 1 saturated heterocycles. The van der Waals surface area contributed by atoms with Crippen LogP contribution in [0, 0.1) is 0 Å². The van der Waals surface area contributed by atoms with Crippen LogP contribution in [0.15, 0.2) is 53.7 Å². The van der Waals surface area contributed by atoms with E-state index in [0.717, 1.165) is 16.0 Å². The van der Waals surface area contributed by atoms with Gasteiger partial charge in [0.25, 0.3) is 0 Å². The summed E-state index contributed by atoms with van der Waals surface area (Å²) < 4.78 is 10.6. The van der Waals surface area contributed by atoms with E-state index < -0.39 is 18.2 Å². The van der Waals surface area contributed by atoms with Crippen LogP contribution < -0.4 is 9.47 Å². The molecular weight excluding hydrogens is 402 g/mol. The summed E-state index contributed by atoms with van der Waals surface area (Å²) in [5.74, 6) is 0.870. The summed E-state index contributed by atoms with van der Waals surface area (Å²) in [6.07, 6.45) is 0.296. The SMILES string of the molecule is COc1ccc(CN2C(=O)[C@@H](N(Cc3ccccc3)C(=O)O)[C@H]2C/C=N/O)c(OC)c1. The average Bonchev–Trinajstić information content (AvgIpc) is 2.79. The maximum absolute atomic E-state index is 13.0. The molecule has 3 rings (SSSR count). The van der Waals surface area contributed by atoms with Gasteiger partial charge in [-0.05, 0) is 17.7 Å². The van der Waals surface area contributed by atoms with E-state index in [2.05, 4.69) is 5.16 Å². The first-order valence-corrected chi connectivity index (χ1v) is 9.71. The Bertz CT molecular complexity index is 950. The third kappa shape index (κ3) is 4.71. The van der Waals surface area contributed by atoms with E-state index >= 15 is 0 Å². The lowest BCUT2D eigenvalue weighted by Crippen LogP contribution is -2.70. The molecule has 2 aromatic rings. The summed E-state index contributed by atoms with van der Waals surface area (Å²) in [6, 6.07) is 13.0. The van der Waals surface area contributed by atoms with Crippen molar-refractivity contribution in [2.24, 2.45) is 5.16 Å². The van der Waals surface area contributed by atoms with Gasteiger partial charge in [-0.25, -0.2) is 4.79 Å². The number of rotatable bonds is 9. The van der Waals surface area contributed by atoms with Gasteiger partial charge in [-0.2, -0.15) is 0 Å². The third-order valence-corrected chi connectivity index (χ3v) is 5.34. The molecule has 2 aromatic carbocycles. The van der Waals surface area contributed by atoms with Crippen molar-refractivity contribution in [2.75, 3.05) is 14.2 Å². The van der Waals surface area contributed by atoms with Crippen LogP contribution in [0.5, 0.6) is 11.5 Å². The molecule has 2 N–H and O–H groups in total. The largest absolute Gasteiger partial charge is 0.497 e. The monoisotopic (exact) mass is 427 g/mol. The molecule has 9 heteroatoms. The van der Waals surface area contributed by atoms with Crippen molar-refractivity contribution in [1.29, 1.82) is 0 Å². The van der Waals surface area contributed by atoms with Crippen LogP contribution in [0.1, 0.15) is 17.5 Å². The molecule has 9 nitrogen and oxygen atoms in total. The predicted octanol–water partition coefficient (Wildman–Crippen LogP) is 2.81. The Morgan fingerprint density at radius 3 is 2.55 bits per heavy atom. The third-order valence-electron chi connectivity index (χ3n) is 5.34. The first-order valence-electron chi connectivity index (χ1n) is 9.71. The number of ether oxygens (including phenoxy) is 2. The van der Waals surface area contributed by atoms with Gasteiger partial charge in [0, 0.05) is 37.4 Å². The maximum atomic E-state index is 13.0. The number of methoxy groups -OCH3 is 2. The number of carbonyl (C=O) groups is 2. The van der Waals surface area contributed by atoms with Gasteiger partial charge in [0.15, 0.2) is 0 Å². The number of benzene rings is 2. The first-order chi connectivity index (χ1) is 15.0. The number of hydrogen-bond donors (Lipinski definition) is 2. The molecule has 0 radical (unpaired) electrons. The highest BCUT2D eigenvalue weighted by atomic mass is 16.5. The van der Waals surface area contributed by atoms with E-state index in [0.29, 0.717) is 11.5 Å². The first kappa shape index (κ1) is 21.9. The van der Waals surface area contributed by atoms with Crippen molar-refractivity contribution in [3.63, 3.8) is 0 Å². The summed E-state index contributed by atoms with van der Waals surface area (Å²) >= 11 is 0. The van der Waals surface area contributed by atoms with Gasteiger partial charge in [-0.1, -0.05) is 30.3 Å². The highest BCUT2D eigenvalue weighted by molar-refractivity contribution is 5.93. The zero-order valence-corrected chi connectivity index (χ0v) is 17.3. The lowest BCUT2D eigenvalue weighted by molar-refractivity contribution is -0.159. The van der Waals surface area contributed by atoms with Crippen molar-refractivity contribution < 1.29 is 29.4 Å². The van der Waals surface area contributed by atoms with E-state index in [1.807, 2.05) is 30.3 Å². The van der Waals surface area contributed by atoms with E-state index in [-0.39, 0.29) is 25.4 Å². The Hall–Kier alpha value is -3.75. The summed E-state index contributed by atoms with van der Waals surface area (Å²) in [6.45, 7) is 0.310. The molecular formula is C22H25N3O6. The molecule has 1 aliphatic rings. The molecule has 1 fully saturated rings. The van der Waals surface area contributed by atoms with Crippen LogP contribution in [-0.2, 0) is 17.9 Å². The highest BCUT2D eigenvalue weighted by Crippen LogP contribution is 2.33. The second-order valence-corrected chi connectivity index (χ2v) is 7.09. The molecule has 2 atom stereocenters. The number of β-lactam (4-membered cyclic amide) rings is 1. The van der Waals surface area contributed by atoms with Crippen LogP contribution in [0.25, 0.3) is 0 Å². The standard InChI is InChI=1S/C22H25N3O6/c1-30-17-9-8-16(19(12-17)31-2)14-24-18(10-11-23-29)20(21(24)26)25(22(27)28)13-15-6-4-3-5-7-15/h3-9,11-12,18,20,29H,10,13-14H2,1-2H3,(H,27,28)/b23-11+/t18-,20+/m1/s1. The van der Waals surface area contributed by atoms with Crippen LogP contribution in [0.4, 0.5) is 4.79 Å². The number of likely N-dealkylation sites (tertiary alicyclic amines) is 1. The fourth-order valence-electron chi connectivity index (χ4n) is 3.76. The second-order valence-electron chi connectivity index (χ2n) is 7.09. The number of oxime groups is 1. The molecule has 0 aromatic heterocycles. The smallest absolute Gasteiger partial charge is 0.408 e. The minimum atomic E-state index is -1.19. The summed E-state index contributed by atoms with van der Waals surface area (Å²) in [4.78, 5) is 27.7. The Kier molecular flexibility index (Phi) is 6.96. The molecule has 0 bridgehead atoms. The Morgan fingerprint density at radius 1 is 1.19 bits per heavy atom. The van der Waals surface area contributed by atoms with Crippen LogP contribution in [0.3, 0.4) is 0 Å².